The molecule has 1 unspecified atom stereocenters. The summed E-state index contributed by atoms with van der Waals surface area (Å²) in [5, 5.41) is 28.3. The number of rotatable bonds is 6. The van der Waals surface area contributed by atoms with Gasteiger partial charge in [0.25, 0.3) is 5.88 Å². The largest absolute Gasteiger partial charge is 0.436 e. The van der Waals surface area contributed by atoms with Gasteiger partial charge in [-0.05, 0) is 48.5 Å². The number of aromatic amines is 1. The third-order valence-corrected chi connectivity index (χ3v) is 4.09. The van der Waals surface area contributed by atoms with Gasteiger partial charge in [-0.2, -0.15) is 5.10 Å². The van der Waals surface area contributed by atoms with Crippen LogP contribution in [0, 0.1) is 5.82 Å². The van der Waals surface area contributed by atoms with Crippen molar-refractivity contribution in [2.75, 3.05) is 0 Å². The molecule has 1 aromatic carbocycles. The number of hydrogen-bond acceptors (Lipinski definition) is 8. The second-order valence-corrected chi connectivity index (χ2v) is 6.32. The smallest absolute Gasteiger partial charge is 0.255 e. The maximum absolute atomic E-state index is 14.3. The van der Waals surface area contributed by atoms with E-state index in [2.05, 4.69) is 30.6 Å². The first-order chi connectivity index (χ1) is 14.0. The number of aliphatic hydroxyl groups is 1. The van der Waals surface area contributed by atoms with E-state index < -0.39 is 18.0 Å². The summed E-state index contributed by atoms with van der Waals surface area (Å²) in [6, 6.07) is 9.06. The standard InChI is InChI=1S/C18H17FN8O2/c1-10(20)16(28)17-24-26-27(25-17)12-2-4-13(5-3-12)29-18-14(19)8-11(9-21-18)15-6-7-22-23-15/h2-10,16,28H,20H2,1H3,(H,22,23)/t10?,16-/m0/s1. The molecule has 0 saturated carbocycles. The number of nitrogens with two attached hydrogens (primary N) is 1. The molecule has 0 aliphatic rings. The minimum atomic E-state index is -1.01. The van der Waals surface area contributed by atoms with Gasteiger partial charge in [0, 0.05) is 24.0 Å². The van der Waals surface area contributed by atoms with E-state index in [0.29, 0.717) is 22.7 Å². The Morgan fingerprint density at radius 3 is 2.69 bits per heavy atom. The van der Waals surface area contributed by atoms with Gasteiger partial charge < -0.3 is 15.6 Å². The summed E-state index contributed by atoms with van der Waals surface area (Å²) in [4.78, 5) is 5.28. The third kappa shape index (κ3) is 3.95. The van der Waals surface area contributed by atoms with Crippen molar-refractivity contribution in [3.8, 4) is 28.6 Å². The zero-order chi connectivity index (χ0) is 20.4. The number of aliphatic hydroxyl groups excluding tert-OH is 1. The fourth-order valence-electron chi connectivity index (χ4n) is 2.51. The highest BCUT2D eigenvalue weighted by Crippen LogP contribution is 2.26. The van der Waals surface area contributed by atoms with E-state index in [4.69, 9.17) is 10.5 Å². The van der Waals surface area contributed by atoms with Crippen LogP contribution in [-0.2, 0) is 0 Å². The molecule has 11 heteroatoms. The van der Waals surface area contributed by atoms with Gasteiger partial charge in [-0.1, -0.05) is 0 Å². The van der Waals surface area contributed by atoms with Crippen LogP contribution in [0.25, 0.3) is 16.9 Å². The summed E-state index contributed by atoms with van der Waals surface area (Å²) in [5.41, 5.74) is 7.43. The lowest BCUT2D eigenvalue weighted by Crippen LogP contribution is -2.25. The fourth-order valence-corrected chi connectivity index (χ4v) is 2.51. The molecule has 10 nitrogen and oxygen atoms in total. The monoisotopic (exact) mass is 396 g/mol. The van der Waals surface area contributed by atoms with Gasteiger partial charge in [-0.3, -0.25) is 5.10 Å². The van der Waals surface area contributed by atoms with Crippen LogP contribution in [0.3, 0.4) is 0 Å². The molecule has 3 heterocycles. The first-order valence-corrected chi connectivity index (χ1v) is 8.68. The molecule has 4 aromatic rings. The van der Waals surface area contributed by atoms with Crippen LogP contribution in [0.1, 0.15) is 18.9 Å². The summed E-state index contributed by atoms with van der Waals surface area (Å²) < 4.78 is 19.8. The van der Waals surface area contributed by atoms with Crippen molar-refractivity contribution >= 4 is 0 Å². The number of aromatic nitrogens is 7. The number of pyridine rings is 1. The zero-order valence-electron chi connectivity index (χ0n) is 15.3. The lowest BCUT2D eigenvalue weighted by molar-refractivity contribution is 0.143. The quantitative estimate of drug-likeness (QED) is 0.448. The molecule has 3 aromatic heterocycles. The number of nitrogens with one attached hydrogen (secondary N) is 1. The maximum Gasteiger partial charge on any atom is 0.255 e. The topological polar surface area (TPSA) is 141 Å². The van der Waals surface area contributed by atoms with Crippen molar-refractivity contribution in [2.45, 2.75) is 19.1 Å². The molecule has 0 saturated heterocycles. The average molecular weight is 396 g/mol. The molecule has 0 radical (unpaired) electrons. The molecular formula is C18H17FN8O2. The SMILES string of the molecule is CC(N)[C@H](O)c1nnn(-c2ccc(Oc3ncc(-c4ccn[nH]4)cc3F)cc2)n1. The number of ether oxygens (including phenoxy) is 1. The van der Waals surface area contributed by atoms with Crippen LogP contribution in [0.2, 0.25) is 0 Å². The Kier molecular flexibility index (Phi) is 4.97. The van der Waals surface area contributed by atoms with Gasteiger partial charge in [-0.15, -0.1) is 15.0 Å². The summed E-state index contributed by atoms with van der Waals surface area (Å²) in [6.45, 7) is 1.65. The van der Waals surface area contributed by atoms with Crippen LogP contribution in [0.5, 0.6) is 11.6 Å². The number of benzene rings is 1. The van der Waals surface area contributed by atoms with Crippen LogP contribution >= 0.6 is 0 Å². The molecule has 2 atom stereocenters. The van der Waals surface area contributed by atoms with E-state index in [9.17, 15) is 9.50 Å². The van der Waals surface area contributed by atoms with Gasteiger partial charge in [0.1, 0.15) is 11.9 Å². The minimum Gasteiger partial charge on any atom is -0.436 e. The molecule has 0 fully saturated rings. The van der Waals surface area contributed by atoms with Crippen LogP contribution < -0.4 is 10.5 Å². The number of nitrogens with zero attached hydrogens (tertiary/aromatic N) is 6. The van der Waals surface area contributed by atoms with E-state index in [0.717, 1.165) is 0 Å². The number of H-pyrrole nitrogens is 1. The number of hydrogen-bond donors (Lipinski definition) is 3. The highest BCUT2D eigenvalue weighted by atomic mass is 19.1. The lowest BCUT2D eigenvalue weighted by atomic mass is 10.2. The van der Waals surface area contributed by atoms with Gasteiger partial charge in [0.15, 0.2) is 5.82 Å². The van der Waals surface area contributed by atoms with Crippen molar-refractivity contribution in [3.63, 3.8) is 0 Å². The van der Waals surface area contributed by atoms with Crippen LogP contribution in [0.15, 0.2) is 48.8 Å². The summed E-state index contributed by atoms with van der Waals surface area (Å²) in [6.07, 6.45) is 2.05. The van der Waals surface area contributed by atoms with E-state index in [1.807, 2.05) is 0 Å². The van der Waals surface area contributed by atoms with Crippen LogP contribution in [-0.4, -0.2) is 46.5 Å². The normalized spacial score (nSPS) is 13.2. The predicted molar refractivity (Wildman–Crippen MR) is 99.6 cm³/mol. The first-order valence-electron chi connectivity index (χ1n) is 8.68. The van der Waals surface area contributed by atoms with Crippen molar-refractivity contribution in [1.29, 1.82) is 0 Å². The van der Waals surface area contributed by atoms with Crippen molar-refractivity contribution in [2.24, 2.45) is 5.73 Å². The van der Waals surface area contributed by atoms with Gasteiger partial charge in [0.05, 0.1) is 11.4 Å². The Labute approximate surface area is 164 Å². The molecule has 0 amide bonds. The Morgan fingerprint density at radius 2 is 2.03 bits per heavy atom. The Hall–Kier alpha value is -3.70. The lowest BCUT2D eigenvalue weighted by Gasteiger charge is -2.09. The molecule has 0 bridgehead atoms. The minimum absolute atomic E-state index is 0.129. The molecule has 0 aliphatic heterocycles. The molecule has 148 valence electrons. The third-order valence-electron chi connectivity index (χ3n) is 4.09. The van der Waals surface area contributed by atoms with Crippen molar-refractivity contribution in [3.05, 3.63) is 60.4 Å². The highest BCUT2D eigenvalue weighted by Gasteiger charge is 2.18. The summed E-state index contributed by atoms with van der Waals surface area (Å²) in [7, 11) is 0. The average Bonchev–Trinajstić information content (AvgIpc) is 3.42. The zero-order valence-corrected chi connectivity index (χ0v) is 15.3. The maximum atomic E-state index is 14.3. The Balaban J connectivity index is 1.49. The second-order valence-electron chi connectivity index (χ2n) is 6.32. The van der Waals surface area contributed by atoms with E-state index in [1.165, 1.54) is 17.1 Å². The van der Waals surface area contributed by atoms with E-state index in [-0.39, 0.29) is 11.7 Å². The summed E-state index contributed by atoms with van der Waals surface area (Å²) >= 11 is 0. The second kappa shape index (κ2) is 7.73. The fraction of sp³-hybridized carbons (Fsp3) is 0.167. The highest BCUT2D eigenvalue weighted by molar-refractivity contribution is 5.57. The molecule has 0 spiro atoms. The molecular weight excluding hydrogens is 379 g/mol. The van der Waals surface area contributed by atoms with Gasteiger partial charge in [-0.25, -0.2) is 9.37 Å². The first kappa shape index (κ1) is 18.7. The van der Waals surface area contributed by atoms with E-state index >= 15 is 0 Å². The molecule has 4 N–H and O–H groups in total. The van der Waals surface area contributed by atoms with Crippen molar-refractivity contribution < 1.29 is 14.2 Å². The van der Waals surface area contributed by atoms with Crippen LogP contribution in [0.4, 0.5) is 4.39 Å². The molecule has 0 aliphatic carbocycles. The molecule has 29 heavy (non-hydrogen) atoms. The summed E-state index contributed by atoms with van der Waals surface area (Å²) in [5.74, 6) is -0.245. The van der Waals surface area contributed by atoms with E-state index in [1.54, 1.807) is 43.5 Å². The Morgan fingerprint density at radius 1 is 1.24 bits per heavy atom. The number of tetrazole rings is 1. The van der Waals surface area contributed by atoms with Gasteiger partial charge in [0.2, 0.25) is 5.82 Å². The Bertz CT molecular complexity index is 1100. The number of halogens is 1. The van der Waals surface area contributed by atoms with Crippen molar-refractivity contribution in [1.82, 2.24) is 35.4 Å². The van der Waals surface area contributed by atoms with Gasteiger partial charge >= 0.3 is 0 Å². The molecule has 4 rings (SSSR count). The predicted octanol–water partition coefficient (Wildman–Crippen LogP) is 1.76.